The summed E-state index contributed by atoms with van der Waals surface area (Å²) in [6.45, 7) is 0. The monoisotopic (exact) mass is 172 g/mol. The summed E-state index contributed by atoms with van der Waals surface area (Å²) in [7, 11) is 3.05. The number of rotatable bonds is 2. The molecule has 0 bridgehead atoms. The van der Waals surface area contributed by atoms with Crippen molar-refractivity contribution in [2.75, 3.05) is 7.11 Å². The molecular formula is C7H8OS2. The van der Waals surface area contributed by atoms with Gasteiger partial charge in [-0.25, -0.2) is 0 Å². The maximum atomic E-state index is 5.07. The topological polar surface area (TPSA) is 9.23 Å². The summed E-state index contributed by atoms with van der Waals surface area (Å²) in [6.07, 6.45) is 0. The van der Waals surface area contributed by atoms with Gasteiger partial charge in [-0.05, 0) is 12.1 Å². The fraction of sp³-hybridized carbons (Fsp3) is 0.143. The molecule has 0 heterocycles. The molecule has 1 aromatic carbocycles. The maximum absolute atomic E-state index is 5.07. The lowest BCUT2D eigenvalue weighted by Gasteiger charge is -2.02. The third-order valence-corrected chi connectivity index (χ3v) is 2.29. The van der Waals surface area contributed by atoms with E-state index in [-0.39, 0.29) is 0 Å². The Morgan fingerprint density at radius 3 is 2.60 bits per heavy atom. The average Bonchev–Trinajstić information content (AvgIpc) is 2.04. The van der Waals surface area contributed by atoms with Crippen LogP contribution >= 0.6 is 22.5 Å². The first-order chi connectivity index (χ1) is 4.88. The normalized spacial score (nSPS) is 9.40. The Balaban J connectivity index is 2.96. The average molecular weight is 172 g/mol. The third kappa shape index (κ3) is 1.61. The highest BCUT2D eigenvalue weighted by Gasteiger charge is 1.97. The first-order valence-corrected chi connectivity index (χ1v) is 4.70. The van der Waals surface area contributed by atoms with E-state index in [2.05, 4.69) is 11.7 Å². The summed E-state index contributed by atoms with van der Waals surface area (Å²) >= 11 is 4.07. The van der Waals surface area contributed by atoms with Crippen LogP contribution in [0.2, 0.25) is 0 Å². The Kier molecular flexibility index (Phi) is 2.96. The molecule has 1 nitrogen and oxygen atoms in total. The first kappa shape index (κ1) is 7.82. The molecule has 1 rings (SSSR count). The van der Waals surface area contributed by atoms with Crippen LogP contribution < -0.4 is 4.74 Å². The Morgan fingerprint density at radius 2 is 2.10 bits per heavy atom. The van der Waals surface area contributed by atoms with Gasteiger partial charge in [0.1, 0.15) is 5.75 Å². The van der Waals surface area contributed by atoms with Gasteiger partial charge in [0.05, 0.1) is 12.0 Å². The number of hydrogen-bond acceptors (Lipinski definition) is 3. The largest absolute Gasteiger partial charge is 0.496 e. The second kappa shape index (κ2) is 3.78. The van der Waals surface area contributed by atoms with Crippen molar-refractivity contribution in [2.45, 2.75) is 4.90 Å². The van der Waals surface area contributed by atoms with Crippen LogP contribution in [0, 0.1) is 0 Å². The van der Waals surface area contributed by atoms with Crippen LogP contribution in [0.4, 0.5) is 0 Å². The van der Waals surface area contributed by atoms with Crippen molar-refractivity contribution in [3.63, 3.8) is 0 Å². The van der Waals surface area contributed by atoms with Gasteiger partial charge in [-0.2, -0.15) is 0 Å². The predicted molar refractivity (Wildman–Crippen MR) is 47.8 cm³/mol. The van der Waals surface area contributed by atoms with E-state index >= 15 is 0 Å². The van der Waals surface area contributed by atoms with Crippen molar-refractivity contribution in [1.82, 2.24) is 0 Å². The molecular weight excluding hydrogens is 164 g/mol. The van der Waals surface area contributed by atoms with Crippen LogP contribution in [0.5, 0.6) is 5.75 Å². The molecule has 0 aromatic heterocycles. The molecule has 0 saturated heterocycles. The summed E-state index contributed by atoms with van der Waals surface area (Å²) in [5.74, 6) is 0.877. The molecule has 0 N–H and O–H groups in total. The van der Waals surface area contributed by atoms with Crippen LogP contribution in [0.15, 0.2) is 29.2 Å². The minimum Gasteiger partial charge on any atom is -0.496 e. The van der Waals surface area contributed by atoms with Crippen molar-refractivity contribution < 1.29 is 4.74 Å². The first-order valence-electron chi connectivity index (χ1n) is 2.83. The highest BCUT2D eigenvalue weighted by atomic mass is 33.1. The summed E-state index contributed by atoms with van der Waals surface area (Å²) in [4.78, 5) is 1.05. The number of benzene rings is 1. The summed E-state index contributed by atoms with van der Waals surface area (Å²) in [5.41, 5.74) is 0. The highest BCUT2D eigenvalue weighted by Crippen LogP contribution is 2.30. The third-order valence-electron chi connectivity index (χ3n) is 1.17. The fourth-order valence-corrected chi connectivity index (χ4v) is 1.53. The van der Waals surface area contributed by atoms with E-state index in [1.54, 1.807) is 7.11 Å². The molecule has 0 atom stereocenters. The fourth-order valence-electron chi connectivity index (χ4n) is 0.694. The van der Waals surface area contributed by atoms with Crippen molar-refractivity contribution >= 4 is 22.5 Å². The van der Waals surface area contributed by atoms with E-state index in [1.807, 2.05) is 24.3 Å². The highest BCUT2D eigenvalue weighted by molar-refractivity contribution is 8.68. The minimum absolute atomic E-state index is 0.877. The van der Waals surface area contributed by atoms with Gasteiger partial charge in [0.25, 0.3) is 0 Å². The van der Waals surface area contributed by atoms with E-state index in [1.165, 1.54) is 10.8 Å². The van der Waals surface area contributed by atoms with Crippen LogP contribution in [-0.4, -0.2) is 7.11 Å². The Labute approximate surface area is 69.6 Å². The molecule has 1 aromatic rings. The number of thiol groups is 1. The molecule has 0 radical (unpaired) electrons. The SMILES string of the molecule is COc1ccccc1SS. The van der Waals surface area contributed by atoms with E-state index in [0.29, 0.717) is 0 Å². The number of ether oxygens (including phenoxy) is 1. The zero-order chi connectivity index (χ0) is 7.40. The summed E-state index contributed by atoms with van der Waals surface area (Å²) in [6, 6.07) is 7.78. The summed E-state index contributed by atoms with van der Waals surface area (Å²) in [5, 5.41) is 0. The van der Waals surface area contributed by atoms with Gasteiger partial charge in [0.2, 0.25) is 0 Å². The van der Waals surface area contributed by atoms with E-state index in [4.69, 9.17) is 4.74 Å². The van der Waals surface area contributed by atoms with Crippen LogP contribution in [-0.2, 0) is 0 Å². The zero-order valence-electron chi connectivity index (χ0n) is 5.57. The van der Waals surface area contributed by atoms with Crippen LogP contribution in [0.3, 0.4) is 0 Å². The zero-order valence-corrected chi connectivity index (χ0v) is 7.28. The van der Waals surface area contributed by atoms with Crippen molar-refractivity contribution in [1.29, 1.82) is 0 Å². The van der Waals surface area contributed by atoms with Crippen LogP contribution in [0.1, 0.15) is 0 Å². The lowest BCUT2D eigenvalue weighted by Crippen LogP contribution is -1.82. The van der Waals surface area contributed by atoms with Crippen molar-refractivity contribution in [2.24, 2.45) is 0 Å². The van der Waals surface area contributed by atoms with Gasteiger partial charge in [0, 0.05) is 0 Å². The van der Waals surface area contributed by atoms with Gasteiger partial charge < -0.3 is 4.74 Å². The lowest BCUT2D eigenvalue weighted by molar-refractivity contribution is 0.405. The van der Waals surface area contributed by atoms with E-state index < -0.39 is 0 Å². The molecule has 0 saturated carbocycles. The molecule has 0 spiro atoms. The number of para-hydroxylation sites is 1. The standard InChI is InChI=1S/C7H8OS2/c1-8-6-4-2-3-5-7(6)10-9/h2-5,9H,1H3. The Hall–Kier alpha value is -0.280. The predicted octanol–water partition coefficient (Wildman–Crippen LogP) is 2.63. The molecule has 0 aliphatic carbocycles. The molecule has 10 heavy (non-hydrogen) atoms. The van der Waals surface area contributed by atoms with Gasteiger partial charge in [0.15, 0.2) is 0 Å². The Bertz CT molecular complexity index is 190. The van der Waals surface area contributed by atoms with Crippen LogP contribution in [0.25, 0.3) is 0 Å². The molecule has 0 amide bonds. The van der Waals surface area contributed by atoms with Gasteiger partial charge in [-0.1, -0.05) is 22.9 Å². The van der Waals surface area contributed by atoms with E-state index in [0.717, 1.165) is 10.6 Å². The maximum Gasteiger partial charge on any atom is 0.133 e. The second-order valence-corrected chi connectivity index (χ2v) is 2.91. The molecule has 0 fully saturated rings. The van der Waals surface area contributed by atoms with Crippen molar-refractivity contribution in [3.8, 4) is 5.75 Å². The quantitative estimate of drug-likeness (QED) is 0.542. The molecule has 54 valence electrons. The molecule has 0 unspecified atom stereocenters. The molecule has 0 aliphatic heterocycles. The Morgan fingerprint density at radius 1 is 1.40 bits per heavy atom. The number of hydrogen-bond donors (Lipinski definition) is 1. The van der Waals surface area contributed by atoms with Gasteiger partial charge >= 0.3 is 0 Å². The summed E-state index contributed by atoms with van der Waals surface area (Å²) < 4.78 is 5.07. The smallest absolute Gasteiger partial charge is 0.133 e. The second-order valence-electron chi connectivity index (χ2n) is 1.74. The van der Waals surface area contributed by atoms with Gasteiger partial charge in [-0.3, -0.25) is 0 Å². The number of methoxy groups -OCH3 is 1. The lowest BCUT2D eigenvalue weighted by atomic mass is 10.3. The van der Waals surface area contributed by atoms with E-state index in [9.17, 15) is 0 Å². The molecule has 0 aliphatic rings. The minimum atomic E-state index is 0.877. The van der Waals surface area contributed by atoms with Crippen molar-refractivity contribution in [3.05, 3.63) is 24.3 Å². The van der Waals surface area contributed by atoms with Gasteiger partial charge in [-0.15, -0.1) is 11.7 Å². The molecule has 3 heteroatoms.